The minimum absolute atomic E-state index is 0.0294. The van der Waals surface area contributed by atoms with E-state index in [4.69, 9.17) is 13.9 Å². The zero-order valence-corrected chi connectivity index (χ0v) is 21.6. The van der Waals surface area contributed by atoms with Crippen LogP contribution in [0.15, 0.2) is 60.7 Å². The van der Waals surface area contributed by atoms with E-state index in [0.717, 1.165) is 25.6 Å². The molecule has 4 rings (SSSR count). The minimum Gasteiger partial charge on any atom is -0.407 e. The zero-order valence-electron chi connectivity index (χ0n) is 20.6. The van der Waals surface area contributed by atoms with E-state index in [1.807, 2.05) is 13.8 Å². The third-order valence-corrected chi connectivity index (χ3v) is 12.5. The second-order valence-electron chi connectivity index (χ2n) is 11.2. The summed E-state index contributed by atoms with van der Waals surface area (Å²) < 4.78 is 19.0. The van der Waals surface area contributed by atoms with Crippen LogP contribution in [0.4, 0.5) is 0 Å². The van der Waals surface area contributed by atoms with Crippen molar-refractivity contribution in [3.05, 3.63) is 60.7 Å². The first-order chi connectivity index (χ1) is 15.1. The summed E-state index contributed by atoms with van der Waals surface area (Å²) in [7, 11) is -2.44. The van der Waals surface area contributed by atoms with Crippen LogP contribution in [0.1, 0.15) is 54.4 Å². The van der Waals surface area contributed by atoms with Gasteiger partial charge in [0.2, 0.25) is 0 Å². The Kier molecular flexibility index (Phi) is 6.70. The van der Waals surface area contributed by atoms with Crippen molar-refractivity contribution >= 4 is 18.7 Å². The predicted molar refractivity (Wildman–Crippen MR) is 134 cm³/mol. The van der Waals surface area contributed by atoms with Gasteiger partial charge in [0.25, 0.3) is 8.32 Å². The van der Waals surface area contributed by atoms with Gasteiger partial charge in [-0.15, -0.1) is 0 Å². The molecule has 3 nitrogen and oxygen atoms in total. The molecule has 0 radical (unpaired) electrons. The third kappa shape index (κ3) is 4.74. The lowest BCUT2D eigenvalue weighted by molar-refractivity contribution is -0.141. The monoisotopic (exact) mass is 452 g/mol. The molecule has 174 valence electrons. The van der Waals surface area contributed by atoms with Gasteiger partial charge in [-0.05, 0) is 59.9 Å². The van der Waals surface area contributed by atoms with Crippen molar-refractivity contribution in [1.82, 2.24) is 0 Å². The first kappa shape index (κ1) is 23.7. The second kappa shape index (κ2) is 9.06. The Morgan fingerprint density at radius 2 is 1.56 bits per heavy atom. The normalized spacial score (nSPS) is 26.1. The highest BCUT2D eigenvalue weighted by atomic mass is 28.4. The van der Waals surface area contributed by atoms with Gasteiger partial charge in [0.1, 0.15) is 0 Å². The van der Waals surface area contributed by atoms with Gasteiger partial charge in [-0.2, -0.15) is 0 Å². The van der Waals surface area contributed by atoms with Crippen LogP contribution in [-0.4, -0.2) is 33.4 Å². The fourth-order valence-electron chi connectivity index (χ4n) is 5.62. The molecule has 32 heavy (non-hydrogen) atoms. The van der Waals surface area contributed by atoms with E-state index in [-0.39, 0.29) is 11.1 Å². The maximum absolute atomic E-state index is 7.09. The summed E-state index contributed by atoms with van der Waals surface area (Å²) in [6.45, 7) is 15.0. The second-order valence-corrected chi connectivity index (χ2v) is 15.5. The molecular weight excluding hydrogens is 412 g/mol. The smallest absolute Gasteiger partial charge is 0.261 e. The van der Waals surface area contributed by atoms with Gasteiger partial charge < -0.3 is 13.9 Å². The molecule has 0 bridgehead atoms. The summed E-state index contributed by atoms with van der Waals surface area (Å²) in [6.07, 6.45) is 2.60. The summed E-state index contributed by atoms with van der Waals surface area (Å²) in [5.41, 5.74) is 0. The van der Waals surface area contributed by atoms with Crippen LogP contribution < -0.4 is 10.4 Å². The molecule has 0 N–H and O–H groups in total. The first-order valence-electron chi connectivity index (χ1n) is 12.2. The van der Waals surface area contributed by atoms with Crippen molar-refractivity contribution in [2.24, 2.45) is 17.8 Å². The number of benzene rings is 2. The molecule has 2 fully saturated rings. The molecule has 2 aromatic carbocycles. The topological polar surface area (TPSA) is 27.7 Å². The van der Waals surface area contributed by atoms with Crippen molar-refractivity contribution in [1.29, 1.82) is 0 Å². The van der Waals surface area contributed by atoms with Crippen LogP contribution in [0, 0.1) is 17.8 Å². The summed E-state index contributed by atoms with van der Waals surface area (Å²) in [6, 6.07) is 21.9. The lowest BCUT2D eigenvalue weighted by Crippen LogP contribution is -2.66. The largest absolute Gasteiger partial charge is 0.407 e. The predicted octanol–water partition coefficient (Wildman–Crippen LogP) is 5.38. The molecule has 1 unspecified atom stereocenters. The molecule has 4 atom stereocenters. The van der Waals surface area contributed by atoms with Gasteiger partial charge in [-0.3, -0.25) is 0 Å². The Balaban J connectivity index is 1.47. The number of hydrogen-bond acceptors (Lipinski definition) is 3. The molecule has 2 aromatic rings. The first-order valence-corrected chi connectivity index (χ1v) is 14.1. The average molecular weight is 453 g/mol. The van der Waals surface area contributed by atoms with Crippen molar-refractivity contribution in [2.75, 3.05) is 13.2 Å². The third-order valence-electron chi connectivity index (χ3n) is 7.44. The lowest BCUT2D eigenvalue weighted by atomic mass is 9.99. The van der Waals surface area contributed by atoms with Gasteiger partial charge in [0.15, 0.2) is 5.79 Å². The average Bonchev–Trinajstić information content (AvgIpc) is 3.48. The van der Waals surface area contributed by atoms with Crippen molar-refractivity contribution in [3.63, 3.8) is 0 Å². The Bertz CT molecular complexity index is 835. The van der Waals surface area contributed by atoms with Crippen LogP contribution in [0.2, 0.25) is 5.04 Å². The molecule has 0 amide bonds. The van der Waals surface area contributed by atoms with Crippen molar-refractivity contribution in [3.8, 4) is 0 Å². The quantitative estimate of drug-likeness (QED) is 0.504. The zero-order chi connectivity index (χ0) is 23.0. The Hall–Kier alpha value is -1.46. The van der Waals surface area contributed by atoms with Crippen LogP contribution in [0.3, 0.4) is 0 Å². The molecule has 1 saturated carbocycles. The maximum Gasteiger partial charge on any atom is 0.261 e. The Morgan fingerprint density at radius 3 is 2.03 bits per heavy atom. The van der Waals surface area contributed by atoms with Crippen molar-refractivity contribution in [2.45, 2.75) is 71.3 Å². The highest BCUT2D eigenvalue weighted by Gasteiger charge is 2.52. The summed E-state index contributed by atoms with van der Waals surface area (Å²) in [5, 5.41) is 2.74. The Morgan fingerprint density at radius 1 is 1.00 bits per heavy atom. The molecular formula is C28H40O3Si. The van der Waals surface area contributed by atoms with Gasteiger partial charge in [0, 0.05) is 6.61 Å². The van der Waals surface area contributed by atoms with Crippen LogP contribution in [-0.2, 0) is 13.9 Å². The number of ether oxygens (including phenoxy) is 2. The van der Waals surface area contributed by atoms with E-state index in [0.29, 0.717) is 11.8 Å². The highest BCUT2D eigenvalue weighted by molar-refractivity contribution is 6.99. The van der Waals surface area contributed by atoms with E-state index in [9.17, 15) is 0 Å². The highest BCUT2D eigenvalue weighted by Crippen LogP contribution is 2.50. The fraction of sp³-hybridized carbons (Fsp3) is 0.571. The molecule has 1 heterocycles. The molecule has 0 aromatic heterocycles. The van der Waals surface area contributed by atoms with Crippen LogP contribution in [0.25, 0.3) is 0 Å². The minimum atomic E-state index is -2.44. The lowest BCUT2D eigenvalue weighted by Gasteiger charge is -2.43. The Labute approximate surface area is 195 Å². The van der Waals surface area contributed by atoms with Gasteiger partial charge in [0.05, 0.1) is 12.7 Å². The molecule has 0 spiro atoms. The number of hydrogen-bond donors (Lipinski definition) is 0. The molecule has 1 aliphatic heterocycles. The fourth-order valence-corrected chi connectivity index (χ4v) is 10.2. The van der Waals surface area contributed by atoms with E-state index in [2.05, 4.69) is 88.4 Å². The van der Waals surface area contributed by atoms with E-state index < -0.39 is 14.1 Å². The molecule has 1 saturated heterocycles. The van der Waals surface area contributed by atoms with E-state index in [1.54, 1.807) is 0 Å². The SMILES string of the molecule is CC(CCO[Si](c1ccccc1)(c1ccccc1)C(C)(C)C)[C@@H]1C[C@H]1[C@H]1COC(C)(C)O1. The van der Waals surface area contributed by atoms with Crippen LogP contribution >= 0.6 is 0 Å². The molecule has 4 heteroatoms. The van der Waals surface area contributed by atoms with Crippen molar-refractivity contribution < 1.29 is 13.9 Å². The van der Waals surface area contributed by atoms with Crippen LogP contribution in [0.5, 0.6) is 0 Å². The maximum atomic E-state index is 7.09. The van der Waals surface area contributed by atoms with Gasteiger partial charge in [-0.1, -0.05) is 88.4 Å². The molecule has 2 aliphatic rings. The summed E-state index contributed by atoms with van der Waals surface area (Å²) >= 11 is 0. The van der Waals surface area contributed by atoms with Gasteiger partial charge in [-0.25, -0.2) is 0 Å². The van der Waals surface area contributed by atoms with E-state index >= 15 is 0 Å². The molecule has 1 aliphatic carbocycles. The number of rotatable bonds is 8. The summed E-state index contributed by atoms with van der Waals surface area (Å²) in [5.74, 6) is 1.57. The van der Waals surface area contributed by atoms with Gasteiger partial charge >= 0.3 is 0 Å². The van der Waals surface area contributed by atoms with E-state index in [1.165, 1.54) is 16.8 Å². The standard InChI is InChI=1S/C28H40O3Si/c1-21(24-19-25(24)26-20-29-28(5,6)31-26)17-18-30-32(27(2,3)4,22-13-9-7-10-14-22)23-15-11-8-12-16-23/h7-16,21,24-26H,17-20H2,1-6H3/t21?,24-,25+,26+/m0/s1. The summed E-state index contributed by atoms with van der Waals surface area (Å²) in [4.78, 5) is 0.